The highest BCUT2D eigenvalue weighted by Gasteiger charge is 2.26. The van der Waals surface area contributed by atoms with Gasteiger partial charge >= 0.3 is 0 Å². The summed E-state index contributed by atoms with van der Waals surface area (Å²) < 4.78 is 28.3. The number of nitrogens with one attached hydrogen (secondary N) is 1. The van der Waals surface area contributed by atoms with Crippen molar-refractivity contribution in [2.45, 2.75) is 44.0 Å². The summed E-state index contributed by atoms with van der Waals surface area (Å²) in [5, 5.41) is 8.65. The zero-order chi connectivity index (χ0) is 15.6. The van der Waals surface area contributed by atoms with Gasteiger partial charge in [-0.25, -0.2) is 13.6 Å². The summed E-state index contributed by atoms with van der Waals surface area (Å²) in [7, 11) is -2.14. The Morgan fingerprint density at radius 1 is 1.29 bits per heavy atom. The van der Waals surface area contributed by atoms with Gasteiger partial charge in [-0.15, -0.1) is 0 Å². The summed E-state index contributed by atoms with van der Waals surface area (Å²) in [6, 6.07) is 4.98. The maximum atomic E-state index is 11.5. The van der Waals surface area contributed by atoms with Gasteiger partial charge in [0.15, 0.2) is 0 Å². The zero-order valence-corrected chi connectivity index (χ0v) is 13.6. The molecule has 0 aromatic heterocycles. The third kappa shape index (κ3) is 3.89. The van der Waals surface area contributed by atoms with Gasteiger partial charge in [-0.3, -0.25) is 0 Å². The number of sulfonamides is 1. The van der Waals surface area contributed by atoms with Crippen molar-refractivity contribution in [2.24, 2.45) is 17.0 Å². The molecule has 1 aromatic carbocycles. The molecular weight excluding hydrogens is 288 g/mol. The average Bonchev–Trinajstić information content (AvgIpc) is 2.42. The van der Waals surface area contributed by atoms with Gasteiger partial charge in [0, 0.05) is 6.04 Å². The molecule has 0 saturated heterocycles. The number of nitrogens with two attached hydrogens (primary N) is 1. The van der Waals surface area contributed by atoms with Crippen molar-refractivity contribution in [1.29, 1.82) is 0 Å². The van der Waals surface area contributed by atoms with E-state index in [0.29, 0.717) is 29.3 Å². The fourth-order valence-corrected chi connectivity index (χ4v) is 3.45. The molecule has 0 aliphatic heterocycles. The monoisotopic (exact) mass is 312 g/mol. The molecule has 2 rings (SSSR count). The molecule has 0 heterocycles. The van der Waals surface area contributed by atoms with Gasteiger partial charge in [0.1, 0.15) is 5.75 Å². The van der Waals surface area contributed by atoms with Gasteiger partial charge in [0.2, 0.25) is 10.0 Å². The van der Waals surface area contributed by atoms with Crippen LogP contribution in [0.15, 0.2) is 23.1 Å². The van der Waals surface area contributed by atoms with E-state index in [1.54, 1.807) is 19.2 Å². The van der Waals surface area contributed by atoms with Crippen molar-refractivity contribution in [2.75, 3.05) is 12.4 Å². The van der Waals surface area contributed by atoms with Crippen LogP contribution in [0.2, 0.25) is 0 Å². The van der Waals surface area contributed by atoms with Crippen LogP contribution < -0.4 is 15.2 Å². The van der Waals surface area contributed by atoms with Gasteiger partial charge < -0.3 is 10.1 Å². The van der Waals surface area contributed by atoms with Gasteiger partial charge in [0.25, 0.3) is 0 Å². The minimum Gasteiger partial charge on any atom is -0.495 e. The van der Waals surface area contributed by atoms with Crippen LogP contribution in [0, 0.1) is 11.8 Å². The summed E-state index contributed by atoms with van der Waals surface area (Å²) in [4.78, 5) is 0.0994. The molecule has 5 nitrogen and oxygen atoms in total. The molecule has 3 N–H and O–H groups in total. The summed E-state index contributed by atoms with van der Waals surface area (Å²) >= 11 is 0. The highest BCUT2D eigenvalue weighted by atomic mass is 32.2. The Balaban J connectivity index is 2.29. The molecule has 3 unspecified atom stereocenters. The Morgan fingerprint density at radius 3 is 2.62 bits per heavy atom. The van der Waals surface area contributed by atoms with Gasteiger partial charge in [-0.05, 0) is 42.9 Å². The van der Waals surface area contributed by atoms with Crippen molar-refractivity contribution in [3.8, 4) is 5.75 Å². The Labute approximate surface area is 126 Å². The van der Waals surface area contributed by atoms with Crippen LogP contribution in [0.4, 0.5) is 5.69 Å². The molecular formula is C15H24N2O3S. The van der Waals surface area contributed by atoms with Crippen LogP contribution in [-0.2, 0) is 10.0 Å². The third-order valence-electron chi connectivity index (χ3n) is 4.30. The second kappa shape index (κ2) is 6.23. The van der Waals surface area contributed by atoms with E-state index in [2.05, 4.69) is 19.2 Å². The first-order valence-electron chi connectivity index (χ1n) is 7.28. The first-order chi connectivity index (χ1) is 9.81. The van der Waals surface area contributed by atoms with Crippen molar-refractivity contribution in [3.63, 3.8) is 0 Å². The summed E-state index contributed by atoms with van der Waals surface area (Å²) in [5.41, 5.74) is 0.690. The Hall–Kier alpha value is -1.27. The summed E-state index contributed by atoms with van der Waals surface area (Å²) in [6.07, 6.45) is 3.49. The lowest BCUT2D eigenvalue weighted by Crippen LogP contribution is -2.33. The molecule has 3 atom stereocenters. The number of rotatable bonds is 4. The molecule has 0 spiro atoms. The molecule has 118 valence electrons. The molecule has 1 saturated carbocycles. The van der Waals surface area contributed by atoms with Crippen LogP contribution in [-0.4, -0.2) is 21.6 Å². The van der Waals surface area contributed by atoms with Crippen molar-refractivity contribution in [3.05, 3.63) is 18.2 Å². The van der Waals surface area contributed by atoms with Crippen LogP contribution >= 0.6 is 0 Å². The summed E-state index contributed by atoms with van der Waals surface area (Å²) in [6.45, 7) is 4.47. The number of ether oxygens (including phenoxy) is 1. The predicted octanol–water partition coefficient (Wildman–Crippen LogP) is 2.58. The van der Waals surface area contributed by atoms with Gasteiger partial charge in [-0.2, -0.15) is 0 Å². The topological polar surface area (TPSA) is 81.4 Å². The van der Waals surface area contributed by atoms with Crippen molar-refractivity contribution >= 4 is 15.7 Å². The quantitative estimate of drug-likeness (QED) is 0.895. The summed E-state index contributed by atoms with van der Waals surface area (Å²) in [5.74, 6) is 1.85. The number of hydrogen-bond donors (Lipinski definition) is 2. The highest BCUT2D eigenvalue weighted by molar-refractivity contribution is 7.89. The molecule has 1 aromatic rings. The van der Waals surface area contributed by atoms with E-state index >= 15 is 0 Å². The fourth-order valence-electron chi connectivity index (χ4n) is 2.91. The second-order valence-electron chi connectivity index (χ2n) is 6.05. The normalized spacial score (nSPS) is 26.4. The molecule has 21 heavy (non-hydrogen) atoms. The maximum absolute atomic E-state index is 11.5. The fraction of sp³-hybridized carbons (Fsp3) is 0.600. The van der Waals surface area contributed by atoms with E-state index in [4.69, 9.17) is 9.88 Å². The Bertz CT molecular complexity index is 601. The number of primary sulfonamides is 1. The first kappa shape index (κ1) is 16.1. The lowest BCUT2D eigenvalue weighted by Gasteiger charge is -2.34. The smallest absolute Gasteiger partial charge is 0.238 e. The lowest BCUT2D eigenvalue weighted by molar-refractivity contribution is 0.280. The molecule has 0 radical (unpaired) electrons. The number of anilines is 1. The van der Waals surface area contributed by atoms with Crippen LogP contribution in [0.25, 0.3) is 0 Å². The number of methoxy groups -OCH3 is 1. The predicted molar refractivity (Wildman–Crippen MR) is 84.0 cm³/mol. The first-order valence-corrected chi connectivity index (χ1v) is 8.83. The van der Waals surface area contributed by atoms with Crippen molar-refractivity contribution < 1.29 is 13.2 Å². The molecule has 6 heteroatoms. The van der Waals surface area contributed by atoms with Crippen LogP contribution in [0.1, 0.15) is 33.1 Å². The maximum Gasteiger partial charge on any atom is 0.238 e. The van der Waals surface area contributed by atoms with Crippen LogP contribution in [0.3, 0.4) is 0 Å². The van der Waals surface area contributed by atoms with E-state index in [0.717, 1.165) is 6.42 Å². The molecule has 1 aliphatic carbocycles. The van der Waals surface area contributed by atoms with E-state index < -0.39 is 10.0 Å². The number of benzene rings is 1. The van der Waals surface area contributed by atoms with Gasteiger partial charge in [0.05, 0.1) is 17.7 Å². The van der Waals surface area contributed by atoms with E-state index in [9.17, 15) is 8.42 Å². The molecule has 0 amide bonds. The Morgan fingerprint density at radius 2 is 2.00 bits per heavy atom. The SMILES string of the molecule is COc1ccc(S(N)(=O)=O)cc1NC1CC(C)CCC1C. The molecule has 1 fully saturated rings. The lowest BCUT2D eigenvalue weighted by atomic mass is 9.80. The average molecular weight is 312 g/mol. The highest BCUT2D eigenvalue weighted by Crippen LogP contribution is 2.34. The van der Waals surface area contributed by atoms with E-state index in [-0.39, 0.29) is 4.90 Å². The van der Waals surface area contributed by atoms with Crippen LogP contribution in [0.5, 0.6) is 5.75 Å². The third-order valence-corrected chi connectivity index (χ3v) is 5.21. The van der Waals surface area contributed by atoms with Crippen molar-refractivity contribution in [1.82, 2.24) is 0 Å². The number of hydrogen-bond acceptors (Lipinski definition) is 4. The zero-order valence-electron chi connectivity index (χ0n) is 12.8. The Kier molecular flexibility index (Phi) is 4.78. The molecule has 1 aliphatic rings. The minimum absolute atomic E-state index is 0.0994. The second-order valence-corrected chi connectivity index (χ2v) is 7.61. The minimum atomic E-state index is -3.71. The largest absolute Gasteiger partial charge is 0.495 e. The molecule has 0 bridgehead atoms. The van der Waals surface area contributed by atoms with E-state index in [1.165, 1.54) is 18.9 Å². The van der Waals surface area contributed by atoms with Gasteiger partial charge in [-0.1, -0.05) is 20.3 Å². The van der Waals surface area contributed by atoms with E-state index in [1.807, 2.05) is 0 Å². The standard InChI is InChI=1S/C15H24N2O3S/c1-10-4-5-11(2)13(8-10)17-14-9-12(21(16,18)19)6-7-15(14)20-3/h6-7,9-11,13,17H,4-5,8H2,1-3H3,(H2,16,18,19).